The van der Waals surface area contributed by atoms with Crippen LogP contribution in [0.1, 0.15) is 11.4 Å². The van der Waals surface area contributed by atoms with E-state index >= 15 is 0 Å². The molecule has 1 heterocycles. The van der Waals surface area contributed by atoms with Gasteiger partial charge in [-0.15, -0.1) is 0 Å². The summed E-state index contributed by atoms with van der Waals surface area (Å²) in [4.78, 5) is 10.3. The van der Waals surface area contributed by atoms with Crippen LogP contribution in [0.2, 0.25) is 0 Å². The van der Waals surface area contributed by atoms with Crippen LogP contribution in [-0.2, 0) is 6.54 Å². The Labute approximate surface area is 105 Å². The average Bonchev–Trinajstić information content (AvgIpc) is 2.31. The molecule has 0 radical (unpaired) electrons. The van der Waals surface area contributed by atoms with E-state index in [-0.39, 0.29) is 5.82 Å². The summed E-state index contributed by atoms with van der Waals surface area (Å²) in [5.41, 5.74) is 6.69. The van der Waals surface area contributed by atoms with E-state index in [4.69, 9.17) is 5.73 Å². The smallest absolute Gasteiger partial charge is 0.134 e. The normalized spacial score (nSPS) is 10.4. The number of rotatable bonds is 3. The number of hydrogen-bond donors (Lipinski definition) is 1. The fourth-order valence-electron chi connectivity index (χ4n) is 1.71. The van der Waals surface area contributed by atoms with Gasteiger partial charge in [-0.2, -0.15) is 0 Å². The molecular weight excluding hydrogens is 231 g/mol. The van der Waals surface area contributed by atoms with Gasteiger partial charge < -0.3 is 10.6 Å². The van der Waals surface area contributed by atoms with Crippen molar-refractivity contribution >= 4 is 11.6 Å². The van der Waals surface area contributed by atoms with Gasteiger partial charge in [0, 0.05) is 19.7 Å². The fraction of sp³-hybridized carbons (Fsp3) is 0.231. The minimum atomic E-state index is -0.233. The molecule has 2 rings (SSSR count). The highest BCUT2D eigenvalue weighted by Crippen LogP contribution is 2.15. The van der Waals surface area contributed by atoms with E-state index in [0.29, 0.717) is 18.2 Å². The molecule has 0 atom stereocenters. The number of benzene rings is 1. The zero-order chi connectivity index (χ0) is 13.1. The summed E-state index contributed by atoms with van der Waals surface area (Å²) in [5.74, 6) is 1.60. The van der Waals surface area contributed by atoms with Gasteiger partial charge in [-0.3, -0.25) is 0 Å². The first kappa shape index (κ1) is 12.3. The summed E-state index contributed by atoms with van der Waals surface area (Å²) in [5, 5.41) is 0. The van der Waals surface area contributed by atoms with Crippen molar-refractivity contribution in [3.8, 4) is 0 Å². The van der Waals surface area contributed by atoms with Gasteiger partial charge in [0.1, 0.15) is 23.3 Å². The molecule has 5 heteroatoms. The molecule has 0 aliphatic rings. The quantitative estimate of drug-likeness (QED) is 0.901. The van der Waals surface area contributed by atoms with E-state index in [1.165, 1.54) is 12.1 Å². The minimum Gasteiger partial charge on any atom is -0.384 e. The Balaban J connectivity index is 2.16. The van der Waals surface area contributed by atoms with Gasteiger partial charge in [0.05, 0.1) is 0 Å². The molecule has 0 amide bonds. The van der Waals surface area contributed by atoms with Gasteiger partial charge in [0.15, 0.2) is 0 Å². The van der Waals surface area contributed by atoms with Gasteiger partial charge in [0.2, 0.25) is 0 Å². The molecule has 0 aliphatic heterocycles. The number of nitrogens with two attached hydrogens (primary N) is 1. The Morgan fingerprint density at radius 3 is 2.50 bits per heavy atom. The van der Waals surface area contributed by atoms with Gasteiger partial charge in [-0.05, 0) is 24.6 Å². The van der Waals surface area contributed by atoms with Crippen molar-refractivity contribution in [1.29, 1.82) is 0 Å². The van der Waals surface area contributed by atoms with Crippen LogP contribution in [0.25, 0.3) is 0 Å². The zero-order valence-electron chi connectivity index (χ0n) is 10.4. The lowest BCUT2D eigenvalue weighted by Gasteiger charge is -2.18. The van der Waals surface area contributed by atoms with Crippen LogP contribution in [0.15, 0.2) is 30.3 Å². The lowest BCUT2D eigenvalue weighted by Crippen LogP contribution is -2.18. The lowest BCUT2D eigenvalue weighted by molar-refractivity contribution is 0.627. The third kappa shape index (κ3) is 2.94. The molecule has 0 fully saturated rings. The molecule has 0 saturated heterocycles. The van der Waals surface area contributed by atoms with E-state index in [9.17, 15) is 4.39 Å². The van der Waals surface area contributed by atoms with Gasteiger partial charge in [-0.1, -0.05) is 12.1 Å². The van der Waals surface area contributed by atoms with E-state index in [1.54, 1.807) is 25.1 Å². The third-order valence-corrected chi connectivity index (χ3v) is 2.57. The van der Waals surface area contributed by atoms with Crippen molar-refractivity contribution in [2.45, 2.75) is 13.5 Å². The first-order valence-electron chi connectivity index (χ1n) is 5.61. The molecule has 2 aromatic rings. The Hall–Kier alpha value is -2.17. The van der Waals surface area contributed by atoms with Crippen LogP contribution in [-0.4, -0.2) is 17.0 Å². The molecule has 1 aromatic heterocycles. The largest absolute Gasteiger partial charge is 0.384 e. The third-order valence-electron chi connectivity index (χ3n) is 2.57. The molecule has 0 saturated carbocycles. The van der Waals surface area contributed by atoms with Gasteiger partial charge in [-0.25, -0.2) is 14.4 Å². The van der Waals surface area contributed by atoms with Crippen molar-refractivity contribution in [1.82, 2.24) is 9.97 Å². The molecule has 1 aromatic carbocycles. The Kier molecular flexibility index (Phi) is 3.41. The average molecular weight is 246 g/mol. The predicted molar refractivity (Wildman–Crippen MR) is 69.7 cm³/mol. The highest BCUT2D eigenvalue weighted by Gasteiger charge is 2.06. The molecular formula is C13H15FN4. The maximum Gasteiger partial charge on any atom is 0.134 e. The van der Waals surface area contributed by atoms with Crippen molar-refractivity contribution in [3.05, 3.63) is 47.5 Å². The van der Waals surface area contributed by atoms with E-state index < -0.39 is 0 Å². The molecule has 4 nitrogen and oxygen atoms in total. The Morgan fingerprint density at radius 2 is 1.89 bits per heavy atom. The topological polar surface area (TPSA) is 55.0 Å². The summed E-state index contributed by atoms with van der Waals surface area (Å²) in [6.45, 7) is 2.43. The second-order valence-electron chi connectivity index (χ2n) is 4.18. The van der Waals surface area contributed by atoms with Crippen LogP contribution in [0.3, 0.4) is 0 Å². The maximum atomic E-state index is 12.8. The highest BCUT2D eigenvalue weighted by atomic mass is 19.1. The summed E-state index contributed by atoms with van der Waals surface area (Å²) in [7, 11) is 1.91. The Morgan fingerprint density at radius 1 is 1.22 bits per heavy atom. The number of nitrogens with zero attached hydrogens (tertiary/aromatic N) is 3. The maximum absolute atomic E-state index is 12.8. The van der Waals surface area contributed by atoms with Crippen molar-refractivity contribution in [2.75, 3.05) is 17.7 Å². The second kappa shape index (κ2) is 5.00. The van der Waals surface area contributed by atoms with Crippen molar-refractivity contribution < 1.29 is 4.39 Å². The molecule has 0 spiro atoms. The fourth-order valence-corrected chi connectivity index (χ4v) is 1.71. The van der Waals surface area contributed by atoms with Crippen molar-refractivity contribution in [3.63, 3.8) is 0 Å². The number of hydrogen-bond acceptors (Lipinski definition) is 4. The van der Waals surface area contributed by atoms with Crippen LogP contribution >= 0.6 is 0 Å². The predicted octanol–water partition coefficient (Wildman–Crippen LogP) is 2.14. The number of anilines is 2. The van der Waals surface area contributed by atoms with Crippen molar-refractivity contribution in [2.24, 2.45) is 0 Å². The first-order chi connectivity index (χ1) is 8.54. The standard InChI is InChI=1S/C13H15FN4/c1-9-16-12(15)7-13(17-9)18(2)8-10-3-5-11(14)6-4-10/h3-7H,8H2,1-2H3,(H2,15,16,17). The molecule has 0 aliphatic carbocycles. The second-order valence-corrected chi connectivity index (χ2v) is 4.18. The Bertz CT molecular complexity index is 519. The number of aromatic nitrogens is 2. The molecule has 94 valence electrons. The van der Waals surface area contributed by atoms with E-state index in [0.717, 1.165) is 11.4 Å². The minimum absolute atomic E-state index is 0.233. The number of aryl methyl sites for hydroxylation is 1. The zero-order valence-corrected chi connectivity index (χ0v) is 10.4. The first-order valence-corrected chi connectivity index (χ1v) is 5.61. The summed E-state index contributed by atoms with van der Waals surface area (Å²) < 4.78 is 12.8. The lowest BCUT2D eigenvalue weighted by atomic mass is 10.2. The van der Waals surface area contributed by atoms with Gasteiger partial charge >= 0.3 is 0 Å². The number of halogens is 1. The van der Waals surface area contributed by atoms with Crippen LogP contribution in [0.5, 0.6) is 0 Å². The summed E-state index contributed by atoms with van der Waals surface area (Å²) >= 11 is 0. The number of nitrogen functional groups attached to an aromatic ring is 1. The SMILES string of the molecule is Cc1nc(N)cc(N(C)Cc2ccc(F)cc2)n1. The van der Waals surface area contributed by atoms with E-state index in [1.807, 2.05) is 11.9 Å². The van der Waals surface area contributed by atoms with Crippen LogP contribution in [0, 0.1) is 12.7 Å². The summed E-state index contributed by atoms with van der Waals surface area (Å²) in [6.07, 6.45) is 0. The summed E-state index contributed by atoms with van der Waals surface area (Å²) in [6, 6.07) is 8.12. The van der Waals surface area contributed by atoms with Gasteiger partial charge in [0.25, 0.3) is 0 Å². The monoisotopic (exact) mass is 246 g/mol. The molecule has 0 unspecified atom stereocenters. The van der Waals surface area contributed by atoms with Crippen LogP contribution < -0.4 is 10.6 Å². The molecule has 2 N–H and O–H groups in total. The molecule has 18 heavy (non-hydrogen) atoms. The van der Waals surface area contributed by atoms with E-state index in [2.05, 4.69) is 9.97 Å². The van der Waals surface area contributed by atoms with Crippen LogP contribution in [0.4, 0.5) is 16.0 Å². The molecule has 0 bridgehead atoms. The highest BCUT2D eigenvalue weighted by molar-refractivity contribution is 5.46.